The summed E-state index contributed by atoms with van der Waals surface area (Å²) >= 11 is 6.31. The van der Waals surface area contributed by atoms with E-state index in [1.54, 1.807) is 6.33 Å². The summed E-state index contributed by atoms with van der Waals surface area (Å²) in [6.45, 7) is 18.7. The van der Waals surface area contributed by atoms with Gasteiger partial charge < -0.3 is 17.7 Å². The fraction of sp³-hybridized carbons (Fsp3) is 0.792. The van der Waals surface area contributed by atoms with Crippen molar-refractivity contribution in [2.24, 2.45) is 0 Å². The Bertz CT molecular complexity index is 1130. The fourth-order valence-corrected chi connectivity index (χ4v) is 17.9. The zero-order valence-electron chi connectivity index (χ0n) is 23.3. The Morgan fingerprint density at radius 2 is 1.62 bits per heavy atom. The molecule has 2 bridgehead atoms. The maximum Gasteiger partial charge on any atom is 0.335 e. The van der Waals surface area contributed by atoms with Crippen molar-refractivity contribution in [2.75, 3.05) is 20.2 Å². The number of halogens is 1. The Balaban J connectivity index is 1.66. The molecule has 0 amide bonds. The average molecular weight is 570 g/mol. The highest BCUT2D eigenvalue weighted by atomic mass is 35.5. The summed E-state index contributed by atoms with van der Waals surface area (Å²) < 4.78 is 30.6. The molecule has 0 unspecified atom stereocenters. The second-order valence-corrected chi connectivity index (χ2v) is 21.1. The zero-order valence-corrected chi connectivity index (χ0v) is 26.0. The van der Waals surface area contributed by atoms with Crippen molar-refractivity contribution < 1.29 is 22.5 Å². The van der Waals surface area contributed by atoms with Crippen LogP contribution in [0.15, 0.2) is 12.7 Å². The quantitative estimate of drug-likeness (QED) is 0.366. The highest BCUT2D eigenvalue weighted by molar-refractivity contribution is 6.84. The first-order valence-electron chi connectivity index (χ1n) is 13.3. The maximum absolute atomic E-state index is 7.37. The first kappa shape index (κ1) is 27.6. The maximum atomic E-state index is 7.37. The highest BCUT2D eigenvalue weighted by Gasteiger charge is 2.68. The van der Waals surface area contributed by atoms with Gasteiger partial charge >= 0.3 is 17.1 Å². The number of rotatable bonds is 5. The van der Waals surface area contributed by atoms with Crippen LogP contribution in [0, 0.1) is 0 Å². The number of likely N-dealkylation sites (N-methyl/N-ethyl adjacent to an activating group) is 1. The van der Waals surface area contributed by atoms with E-state index in [9.17, 15) is 0 Å². The van der Waals surface area contributed by atoms with Gasteiger partial charge in [-0.1, -0.05) is 67.0 Å². The van der Waals surface area contributed by atoms with Crippen molar-refractivity contribution in [1.82, 2.24) is 24.6 Å². The van der Waals surface area contributed by atoms with Crippen LogP contribution in [-0.2, 0) is 22.5 Å². The smallest absolute Gasteiger partial charge is 0.335 e. The SMILES string of the molecule is CC(C)[Si]1(C(C)C)OC[C@@]23CN(C)O[C@@H]([C@H](n4cnc5c(Cl)ncnc54)O2)[C@@H]3O[Si](C(C)C)(C(C)C)O1. The second-order valence-electron chi connectivity index (χ2n) is 11.9. The van der Waals surface area contributed by atoms with E-state index >= 15 is 0 Å². The molecule has 3 fully saturated rings. The molecule has 37 heavy (non-hydrogen) atoms. The molecule has 2 aromatic heterocycles. The molecule has 3 aliphatic heterocycles. The van der Waals surface area contributed by atoms with Gasteiger partial charge in [-0.25, -0.2) is 15.0 Å². The largest absolute Gasteiger partial charge is 0.414 e. The minimum atomic E-state index is -2.85. The Labute approximate surface area is 226 Å². The molecule has 0 N–H and O–H groups in total. The first-order valence-corrected chi connectivity index (χ1v) is 17.6. The second kappa shape index (κ2) is 9.59. The zero-order chi connectivity index (χ0) is 26.9. The number of aromatic nitrogens is 4. The third kappa shape index (κ3) is 4.15. The number of nitrogens with zero attached hydrogens (tertiary/aromatic N) is 5. The molecule has 3 aliphatic rings. The summed E-state index contributed by atoms with van der Waals surface area (Å²) in [5, 5.41) is 2.15. The van der Waals surface area contributed by atoms with E-state index in [0.29, 0.717) is 29.5 Å². The molecule has 0 aromatic carbocycles. The van der Waals surface area contributed by atoms with Crippen LogP contribution in [0.25, 0.3) is 11.2 Å². The summed E-state index contributed by atoms with van der Waals surface area (Å²) in [6.07, 6.45) is 1.76. The van der Waals surface area contributed by atoms with Crippen molar-refractivity contribution in [3.8, 4) is 0 Å². The predicted molar refractivity (Wildman–Crippen MR) is 144 cm³/mol. The monoisotopic (exact) mass is 569 g/mol. The summed E-state index contributed by atoms with van der Waals surface area (Å²) in [4.78, 5) is 19.4. The molecule has 0 radical (unpaired) electrons. The molecule has 13 heteroatoms. The fourth-order valence-electron chi connectivity index (χ4n) is 6.39. The van der Waals surface area contributed by atoms with Crippen molar-refractivity contribution >= 4 is 39.9 Å². The van der Waals surface area contributed by atoms with E-state index in [1.165, 1.54) is 6.33 Å². The lowest BCUT2D eigenvalue weighted by molar-refractivity contribution is -0.257. The van der Waals surface area contributed by atoms with E-state index < -0.39 is 35.1 Å². The highest BCUT2D eigenvalue weighted by Crippen LogP contribution is 2.53. The molecule has 3 saturated heterocycles. The molecular weight excluding hydrogens is 530 g/mol. The number of hydroxylamine groups is 2. The van der Waals surface area contributed by atoms with Gasteiger partial charge in [-0.05, 0) is 22.2 Å². The van der Waals surface area contributed by atoms with Crippen LogP contribution in [0.5, 0.6) is 0 Å². The normalized spacial score (nSPS) is 31.9. The molecular formula is C24H40ClN5O5Si2. The van der Waals surface area contributed by atoms with E-state index in [4.69, 9.17) is 34.1 Å². The van der Waals surface area contributed by atoms with Gasteiger partial charge in [0.25, 0.3) is 0 Å². The minimum absolute atomic E-state index is 0.203. The molecule has 0 aliphatic carbocycles. The van der Waals surface area contributed by atoms with Crippen LogP contribution in [0.3, 0.4) is 0 Å². The van der Waals surface area contributed by atoms with Crippen LogP contribution in [-0.4, -0.2) is 79.7 Å². The number of hydrogen-bond acceptors (Lipinski definition) is 9. The summed E-state index contributed by atoms with van der Waals surface area (Å²) in [5.41, 5.74) is 1.27. The van der Waals surface area contributed by atoms with Gasteiger partial charge in [-0.3, -0.25) is 9.40 Å². The van der Waals surface area contributed by atoms with E-state index in [1.807, 2.05) is 16.7 Å². The van der Waals surface area contributed by atoms with Crippen molar-refractivity contribution in [2.45, 2.75) is 102 Å². The average Bonchev–Trinajstić information content (AvgIpc) is 3.29. The summed E-state index contributed by atoms with van der Waals surface area (Å²) in [6, 6.07) is 0. The Hall–Kier alpha value is -0.966. The molecule has 4 atom stereocenters. The van der Waals surface area contributed by atoms with Gasteiger partial charge in [0.05, 0.1) is 19.5 Å². The summed E-state index contributed by atoms with van der Waals surface area (Å²) in [7, 11) is -3.64. The Morgan fingerprint density at radius 3 is 2.24 bits per heavy atom. The Morgan fingerprint density at radius 1 is 0.973 bits per heavy atom. The van der Waals surface area contributed by atoms with Crippen LogP contribution >= 0.6 is 11.6 Å². The first-order chi connectivity index (χ1) is 17.4. The molecule has 5 heterocycles. The lowest BCUT2D eigenvalue weighted by Crippen LogP contribution is -2.71. The van der Waals surface area contributed by atoms with Gasteiger partial charge in [0.2, 0.25) is 0 Å². The van der Waals surface area contributed by atoms with Crippen molar-refractivity contribution in [3.05, 3.63) is 17.8 Å². The number of imidazole rings is 1. The molecule has 10 nitrogen and oxygen atoms in total. The standard InChI is InChI=1S/C24H40ClN5O5Si2/c1-14(2)36(15(3)4)31-11-24-10-29(9)33-19(20(24)34-37(35-36,16(5)6)17(7)8)23(32-24)30-13-28-18-21(25)26-12-27-22(18)30/h12-17,19-20,23H,10-11H2,1-9H3/t19-,20+,23-,24-/m1/s1. The minimum Gasteiger partial charge on any atom is -0.414 e. The molecule has 2 aromatic rings. The van der Waals surface area contributed by atoms with Gasteiger partial charge in [0.15, 0.2) is 23.1 Å². The predicted octanol–water partition coefficient (Wildman–Crippen LogP) is 4.95. The number of ether oxygens (including phenoxy) is 1. The molecule has 5 rings (SSSR count). The van der Waals surface area contributed by atoms with Crippen LogP contribution < -0.4 is 0 Å². The van der Waals surface area contributed by atoms with E-state index in [0.717, 1.165) is 0 Å². The van der Waals surface area contributed by atoms with Gasteiger partial charge in [-0.2, -0.15) is 5.06 Å². The van der Waals surface area contributed by atoms with Crippen LogP contribution in [0.4, 0.5) is 0 Å². The lowest BCUT2D eigenvalue weighted by atomic mass is 9.94. The van der Waals surface area contributed by atoms with Gasteiger partial charge in [-0.15, -0.1) is 0 Å². The van der Waals surface area contributed by atoms with Gasteiger partial charge in [0, 0.05) is 7.05 Å². The van der Waals surface area contributed by atoms with Gasteiger partial charge in [0.1, 0.15) is 23.5 Å². The topological polar surface area (TPSA) is 93.0 Å². The van der Waals surface area contributed by atoms with E-state index in [2.05, 4.69) is 70.3 Å². The third-order valence-electron chi connectivity index (χ3n) is 8.22. The summed E-state index contributed by atoms with van der Waals surface area (Å²) in [5.74, 6) is 0. The van der Waals surface area contributed by atoms with Crippen molar-refractivity contribution in [1.29, 1.82) is 0 Å². The van der Waals surface area contributed by atoms with E-state index in [-0.39, 0.29) is 28.3 Å². The van der Waals surface area contributed by atoms with Crippen LogP contribution in [0.1, 0.15) is 61.6 Å². The third-order valence-corrected chi connectivity index (χ3v) is 18.7. The van der Waals surface area contributed by atoms with Crippen LogP contribution in [0.2, 0.25) is 27.3 Å². The Kier molecular flexibility index (Phi) is 7.16. The molecule has 0 spiro atoms. The van der Waals surface area contributed by atoms with Crippen molar-refractivity contribution in [3.63, 3.8) is 0 Å². The molecule has 206 valence electrons. The number of fused-ring (bicyclic) bond motifs is 1. The number of hydrogen-bond donors (Lipinski definition) is 0. The molecule has 0 saturated carbocycles. The lowest BCUT2D eigenvalue weighted by Gasteiger charge is -2.55.